The van der Waals surface area contributed by atoms with Crippen molar-refractivity contribution in [2.24, 2.45) is 11.8 Å². The number of ether oxygens (including phenoxy) is 1. The SMILES string of the molecule is CC(C)(C)NC(=O)c1ccc(OCCCN2CC3CCCC3C2)cc1. The van der Waals surface area contributed by atoms with Gasteiger partial charge in [-0.1, -0.05) is 6.42 Å². The van der Waals surface area contributed by atoms with E-state index >= 15 is 0 Å². The number of rotatable bonds is 6. The van der Waals surface area contributed by atoms with Gasteiger partial charge in [0.1, 0.15) is 5.75 Å². The number of nitrogens with one attached hydrogen (secondary N) is 1. The first-order chi connectivity index (χ1) is 11.9. The summed E-state index contributed by atoms with van der Waals surface area (Å²) in [5.74, 6) is 2.73. The van der Waals surface area contributed by atoms with Crippen molar-refractivity contribution in [2.75, 3.05) is 26.2 Å². The minimum Gasteiger partial charge on any atom is -0.494 e. The van der Waals surface area contributed by atoms with E-state index in [2.05, 4.69) is 10.2 Å². The molecule has 1 saturated heterocycles. The highest BCUT2D eigenvalue weighted by molar-refractivity contribution is 5.94. The molecule has 1 aromatic carbocycles. The highest BCUT2D eigenvalue weighted by Gasteiger charge is 2.35. The third kappa shape index (κ3) is 5.21. The molecule has 0 bridgehead atoms. The molecule has 4 heteroatoms. The van der Waals surface area contributed by atoms with Crippen LogP contribution in [0.4, 0.5) is 0 Å². The lowest BCUT2D eigenvalue weighted by atomic mass is 10.0. The van der Waals surface area contributed by atoms with Gasteiger partial charge in [0.15, 0.2) is 0 Å². The minimum atomic E-state index is -0.222. The van der Waals surface area contributed by atoms with Gasteiger partial charge in [-0.3, -0.25) is 4.79 Å². The number of hydrogen-bond donors (Lipinski definition) is 1. The summed E-state index contributed by atoms with van der Waals surface area (Å²) in [5, 5.41) is 2.97. The van der Waals surface area contributed by atoms with Crippen LogP contribution in [-0.2, 0) is 0 Å². The van der Waals surface area contributed by atoms with Crippen LogP contribution in [0.1, 0.15) is 56.8 Å². The topological polar surface area (TPSA) is 41.6 Å². The van der Waals surface area contributed by atoms with E-state index < -0.39 is 0 Å². The molecule has 2 aliphatic rings. The Labute approximate surface area is 151 Å². The second-order valence-electron chi connectivity index (χ2n) is 8.64. The molecule has 1 saturated carbocycles. The number of carbonyl (C=O) groups excluding carboxylic acids is 1. The smallest absolute Gasteiger partial charge is 0.251 e. The molecule has 0 radical (unpaired) electrons. The molecule has 0 spiro atoms. The molecule has 3 rings (SSSR count). The number of fused-ring (bicyclic) bond motifs is 1. The first-order valence-electron chi connectivity index (χ1n) is 9.68. The van der Waals surface area contributed by atoms with Crippen LogP contribution in [0.2, 0.25) is 0 Å². The van der Waals surface area contributed by atoms with Gasteiger partial charge in [-0.25, -0.2) is 0 Å². The van der Waals surface area contributed by atoms with E-state index in [9.17, 15) is 4.79 Å². The standard InChI is InChI=1S/C21H32N2O2/c1-21(2,3)22-20(24)16-8-10-19(11-9-16)25-13-5-12-23-14-17-6-4-7-18(17)15-23/h8-11,17-18H,4-7,12-15H2,1-3H3,(H,22,24). The average molecular weight is 344 g/mol. The molecule has 0 aromatic heterocycles. The lowest BCUT2D eigenvalue weighted by Gasteiger charge is -2.20. The van der Waals surface area contributed by atoms with E-state index in [1.165, 1.54) is 32.4 Å². The van der Waals surface area contributed by atoms with Gasteiger partial charge in [-0.2, -0.15) is 0 Å². The fourth-order valence-electron chi connectivity index (χ4n) is 4.11. The summed E-state index contributed by atoms with van der Waals surface area (Å²) in [5.41, 5.74) is 0.450. The van der Waals surface area contributed by atoms with Crippen LogP contribution in [0.3, 0.4) is 0 Å². The van der Waals surface area contributed by atoms with Gasteiger partial charge in [-0.15, -0.1) is 0 Å². The summed E-state index contributed by atoms with van der Waals surface area (Å²) in [6, 6.07) is 7.44. The van der Waals surface area contributed by atoms with E-state index in [0.717, 1.165) is 37.2 Å². The number of amides is 1. The van der Waals surface area contributed by atoms with E-state index in [-0.39, 0.29) is 11.4 Å². The predicted molar refractivity (Wildman–Crippen MR) is 101 cm³/mol. The molecule has 4 nitrogen and oxygen atoms in total. The summed E-state index contributed by atoms with van der Waals surface area (Å²) >= 11 is 0. The lowest BCUT2D eigenvalue weighted by Crippen LogP contribution is -2.40. The quantitative estimate of drug-likeness (QED) is 0.800. The van der Waals surface area contributed by atoms with E-state index in [0.29, 0.717) is 5.56 Å². The molecular formula is C21H32N2O2. The normalized spacial score (nSPS) is 23.5. The van der Waals surface area contributed by atoms with Crippen molar-refractivity contribution in [3.05, 3.63) is 29.8 Å². The highest BCUT2D eigenvalue weighted by Crippen LogP contribution is 2.37. The van der Waals surface area contributed by atoms with Gasteiger partial charge >= 0.3 is 0 Å². The molecule has 2 atom stereocenters. The Morgan fingerprint density at radius 1 is 1.16 bits per heavy atom. The van der Waals surface area contributed by atoms with E-state index in [1.807, 2.05) is 45.0 Å². The largest absolute Gasteiger partial charge is 0.494 e. The Hall–Kier alpha value is -1.55. The molecule has 1 N–H and O–H groups in total. The van der Waals surface area contributed by atoms with Crippen molar-refractivity contribution in [2.45, 2.75) is 52.0 Å². The Balaban J connectivity index is 1.37. The van der Waals surface area contributed by atoms with E-state index in [4.69, 9.17) is 4.74 Å². The number of carbonyl (C=O) groups is 1. The zero-order chi connectivity index (χ0) is 17.9. The summed E-state index contributed by atoms with van der Waals surface area (Å²) in [7, 11) is 0. The van der Waals surface area contributed by atoms with Gasteiger partial charge in [0, 0.05) is 30.7 Å². The Bertz CT molecular complexity index is 565. The summed E-state index contributed by atoms with van der Waals surface area (Å²) in [6.07, 6.45) is 5.38. The molecular weight excluding hydrogens is 312 g/mol. The maximum atomic E-state index is 12.1. The number of likely N-dealkylation sites (tertiary alicyclic amines) is 1. The number of hydrogen-bond acceptors (Lipinski definition) is 3. The van der Waals surface area contributed by atoms with Gasteiger partial charge in [0.2, 0.25) is 0 Å². The van der Waals surface area contributed by atoms with Gasteiger partial charge in [0.05, 0.1) is 6.61 Å². The summed E-state index contributed by atoms with van der Waals surface area (Å²) in [6.45, 7) is 10.4. The molecule has 138 valence electrons. The van der Waals surface area contributed by atoms with Crippen molar-refractivity contribution in [1.82, 2.24) is 10.2 Å². The molecule has 2 unspecified atom stereocenters. The Morgan fingerprint density at radius 3 is 2.40 bits per heavy atom. The second kappa shape index (κ2) is 7.77. The maximum Gasteiger partial charge on any atom is 0.251 e. The molecule has 1 amide bonds. The predicted octanol–water partition coefficient (Wildman–Crippen LogP) is 3.72. The minimum absolute atomic E-state index is 0.0429. The van der Waals surface area contributed by atoms with Crippen LogP contribution >= 0.6 is 0 Å². The lowest BCUT2D eigenvalue weighted by molar-refractivity contribution is 0.0919. The fourth-order valence-corrected chi connectivity index (χ4v) is 4.11. The Morgan fingerprint density at radius 2 is 1.80 bits per heavy atom. The molecule has 2 fully saturated rings. The zero-order valence-electron chi connectivity index (χ0n) is 15.9. The molecule has 1 aliphatic heterocycles. The number of benzene rings is 1. The maximum absolute atomic E-state index is 12.1. The van der Waals surface area contributed by atoms with Crippen molar-refractivity contribution < 1.29 is 9.53 Å². The monoisotopic (exact) mass is 344 g/mol. The van der Waals surface area contributed by atoms with E-state index in [1.54, 1.807) is 0 Å². The van der Waals surface area contributed by atoms with Crippen molar-refractivity contribution in [3.63, 3.8) is 0 Å². The first-order valence-corrected chi connectivity index (χ1v) is 9.68. The van der Waals surface area contributed by atoms with Gasteiger partial charge < -0.3 is 15.0 Å². The molecule has 25 heavy (non-hydrogen) atoms. The third-order valence-corrected chi connectivity index (χ3v) is 5.29. The van der Waals surface area contributed by atoms with Crippen LogP contribution in [0, 0.1) is 11.8 Å². The molecule has 1 aliphatic carbocycles. The third-order valence-electron chi connectivity index (χ3n) is 5.29. The van der Waals surface area contributed by atoms with Crippen LogP contribution in [-0.4, -0.2) is 42.6 Å². The second-order valence-corrected chi connectivity index (χ2v) is 8.64. The molecule has 1 heterocycles. The van der Waals surface area contributed by atoms with Crippen LogP contribution in [0.25, 0.3) is 0 Å². The summed E-state index contributed by atoms with van der Waals surface area (Å²) < 4.78 is 5.84. The number of nitrogens with zero attached hydrogens (tertiary/aromatic N) is 1. The van der Waals surface area contributed by atoms with Crippen molar-refractivity contribution in [1.29, 1.82) is 0 Å². The van der Waals surface area contributed by atoms with Gasteiger partial charge in [-0.05, 0) is 76.1 Å². The van der Waals surface area contributed by atoms with Crippen molar-refractivity contribution >= 4 is 5.91 Å². The fraction of sp³-hybridized carbons (Fsp3) is 0.667. The van der Waals surface area contributed by atoms with Gasteiger partial charge in [0.25, 0.3) is 5.91 Å². The summed E-state index contributed by atoms with van der Waals surface area (Å²) in [4.78, 5) is 14.7. The highest BCUT2D eigenvalue weighted by atomic mass is 16.5. The molecule has 1 aromatic rings. The van der Waals surface area contributed by atoms with Crippen LogP contribution in [0.15, 0.2) is 24.3 Å². The average Bonchev–Trinajstić information content (AvgIpc) is 3.12. The Kier molecular flexibility index (Phi) is 5.67. The van der Waals surface area contributed by atoms with Crippen LogP contribution in [0.5, 0.6) is 5.75 Å². The zero-order valence-corrected chi connectivity index (χ0v) is 15.9. The van der Waals surface area contributed by atoms with Crippen LogP contribution < -0.4 is 10.1 Å². The first kappa shape index (κ1) is 18.2. The van der Waals surface area contributed by atoms with Crippen molar-refractivity contribution in [3.8, 4) is 5.75 Å².